The fourth-order valence-corrected chi connectivity index (χ4v) is 5.47. The zero-order chi connectivity index (χ0) is 29.1. The monoisotopic (exact) mass is 593 g/mol. The van der Waals surface area contributed by atoms with Gasteiger partial charge < -0.3 is 35.7 Å². The van der Waals surface area contributed by atoms with Gasteiger partial charge in [0.1, 0.15) is 5.82 Å². The van der Waals surface area contributed by atoms with Crippen LogP contribution in [0.2, 0.25) is 0 Å². The number of anilines is 3. The van der Waals surface area contributed by atoms with Crippen molar-refractivity contribution >= 4 is 41.6 Å². The van der Waals surface area contributed by atoms with Gasteiger partial charge in [-0.1, -0.05) is 30.0 Å². The minimum atomic E-state index is -2.36. The number of hydrogen-bond acceptors (Lipinski definition) is 10. The number of aliphatic carboxylic acids is 1. The molecule has 42 heavy (non-hydrogen) atoms. The van der Waals surface area contributed by atoms with E-state index in [2.05, 4.69) is 21.8 Å². The van der Waals surface area contributed by atoms with E-state index in [0.717, 1.165) is 18.4 Å². The second-order valence-corrected chi connectivity index (χ2v) is 9.87. The van der Waals surface area contributed by atoms with Crippen molar-refractivity contribution in [1.82, 2.24) is 9.97 Å². The lowest BCUT2D eigenvalue weighted by molar-refractivity contribution is -0.171. The molecule has 0 radical (unpaired) electrons. The van der Waals surface area contributed by atoms with Crippen molar-refractivity contribution in [2.45, 2.75) is 37.2 Å². The minimum absolute atomic E-state index is 0. The number of hydrogen-bond donors (Lipinski definition) is 3. The molecule has 1 saturated heterocycles. The number of halogens is 1. The summed E-state index contributed by atoms with van der Waals surface area (Å²) in [5.41, 5.74) is 12.4. The molecule has 3 unspecified atom stereocenters. The van der Waals surface area contributed by atoms with Crippen LogP contribution in [0.3, 0.4) is 0 Å². The number of ketones is 1. The number of methoxy groups -OCH3 is 2. The number of fused-ring (bicyclic) bond motifs is 1. The number of rotatable bonds is 7. The molecule has 0 spiro atoms. The van der Waals surface area contributed by atoms with Gasteiger partial charge in [-0.3, -0.25) is 4.79 Å². The molecule has 220 valence electrons. The van der Waals surface area contributed by atoms with E-state index >= 15 is 0 Å². The Morgan fingerprint density at radius 2 is 1.95 bits per heavy atom. The topological polar surface area (TPSA) is 163 Å². The van der Waals surface area contributed by atoms with Gasteiger partial charge in [-0.2, -0.15) is 4.98 Å². The van der Waals surface area contributed by atoms with Crippen LogP contribution in [0, 0.1) is 11.8 Å². The van der Waals surface area contributed by atoms with Crippen LogP contribution in [0.25, 0.3) is 0 Å². The van der Waals surface area contributed by atoms with Crippen molar-refractivity contribution in [2.75, 3.05) is 43.7 Å². The lowest BCUT2D eigenvalue weighted by Crippen LogP contribution is -2.68. The molecule has 2 aliphatic rings. The maximum Gasteiger partial charge on any atom is 0.349 e. The van der Waals surface area contributed by atoms with Gasteiger partial charge in [-0.15, -0.1) is 12.4 Å². The third kappa shape index (κ3) is 5.49. The fraction of sp³-hybridized carbons (Fsp3) is 0.333. The molecule has 3 atom stereocenters. The molecule has 0 saturated carbocycles. The standard InChI is InChI=1S/C30H31N5O6.ClH/c1-39-27-30(40-2,28(37)38)25(36)24-22(15-20-16-33-29(32)34-26(20)31)19(11-10-18-7-4-3-5-8-18)12-13-23(24)35(27)17-21-9-6-14-41-21;/h3-5,7-8,12-13,16,21,27H,6,9,14-15,17H2,1-2H3,(H,37,38)(H4,31,32,33,34);1H. The Labute approximate surface area is 249 Å². The normalized spacial score (nSPS) is 21.2. The molecule has 5 N–H and O–H groups in total. The predicted octanol–water partition coefficient (Wildman–Crippen LogP) is 2.68. The van der Waals surface area contributed by atoms with Gasteiger partial charge in [0.25, 0.3) is 5.60 Å². The number of carbonyl (C=O) groups excluding carboxylic acids is 1. The van der Waals surface area contributed by atoms with Crippen LogP contribution in [0.1, 0.15) is 45.5 Å². The first-order valence-corrected chi connectivity index (χ1v) is 13.1. The zero-order valence-corrected chi connectivity index (χ0v) is 24.0. The smallest absolute Gasteiger partial charge is 0.349 e. The van der Waals surface area contributed by atoms with Crippen molar-refractivity contribution in [3.63, 3.8) is 0 Å². The van der Waals surface area contributed by atoms with Crippen molar-refractivity contribution in [1.29, 1.82) is 0 Å². The average molecular weight is 594 g/mol. The summed E-state index contributed by atoms with van der Waals surface area (Å²) in [5, 5.41) is 10.5. The zero-order valence-electron chi connectivity index (χ0n) is 23.2. The Bertz CT molecular complexity index is 1540. The highest BCUT2D eigenvalue weighted by atomic mass is 35.5. The third-order valence-electron chi connectivity index (χ3n) is 7.48. The Morgan fingerprint density at radius 1 is 1.19 bits per heavy atom. The first-order valence-electron chi connectivity index (χ1n) is 13.1. The first-order chi connectivity index (χ1) is 19.8. The van der Waals surface area contributed by atoms with Gasteiger partial charge >= 0.3 is 5.97 Å². The number of nitrogens with zero attached hydrogens (tertiary/aromatic N) is 3. The largest absolute Gasteiger partial charge is 0.479 e. The number of carbonyl (C=O) groups is 2. The molecule has 0 amide bonds. The Kier molecular flexibility index (Phi) is 9.33. The molecule has 1 fully saturated rings. The van der Waals surface area contributed by atoms with Crippen molar-refractivity contribution in [2.24, 2.45) is 0 Å². The van der Waals surface area contributed by atoms with Gasteiger partial charge in [0.05, 0.1) is 11.8 Å². The number of nitrogen functional groups attached to an aromatic ring is 2. The number of benzene rings is 2. The highest BCUT2D eigenvalue weighted by Gasteiger charge is 2.61. The van der Waals surface area contributed by atoms with E-state index in [1.807, 2.05) is 36.4 Å². The molecule has 11 nitrogen and oxygen atoms in total. The molecular formula is C30H32ClN5O6. The lowest BCUT2D eigenvalue weighted by Gasteiger charge is -2.47. The van der Waals surface area contributed by atoms with E-state index in [1.54, 1.807) is 11.0 Å². The molecule has 2 aliphatic heterocycles. The highest BCUT2D eigenvalue weighted by Crippen LogP contribution is 2.42. The molecule has 3 heterocycles. The SMILES string of the molecule is COC1N(CC2CCCO2)c2ccc(C#Cc3ccccc3)c(Cc3cnc(N)nc3N)c2C(=O)C1(OC)C(=O)O.Cl. The molecule has 3 aromatic rings. The van der Waals surface area contributed by atoms with Crippen molar-refractivity contribution in [3.8, 4) is 11.8 Å². The number of nitrogens with two attached hydrogens (primary N) is 2. The van der Waals surface area contributed by atoms with Crippen molar-refractivity contribution in [3.05, 3.63) is 76.5 Å². The molecule has 1 aromatic heterocycles. The van der Waals surface area contributed by atoms with Gasteiger partial charge in [0.2, 0.25) is 11.7 Å². The first kappa shape index (κ1) is 30.7. The summed E-state index contributed by atoms with van der Waals surface area (Å²) in [6.45, 7) is 0.894. The summed E-state index contributed by atoms with van der Waals surface area (Å²) in [6, 6.07) is 13.0. The summed E-state index contributed by atoms with van der Waals surface area (Å²) < 4.78 is 17.1. The Balaban J connectivity index is 0.00000405. The lowest BCUT2D eigenvalue weighted by atomic mass is 9.79. The minimum Gasteiger partial charge on any atom is -0.479 e. The van der Waals surface area contributed by atoms with Gasteiger partial charge in [0, 0.05) is 62.2 Å². The van der Waals surface area contributed by atoms with Gasteiger partial charge in [-0.25, -0.2) is 9.78 Å². The summed E-state index contributed by atoms with van der Waals surface area (Å²) in [7, 11) is 2.55. The van der Waals surface area contributed by atoms with Gasteiger partial charge in [-0.05, 0) is 42.7 Å². The van der Waals surface area contributed by atoms with Gasteiger partial charge in [0.15, 0.2) is 6.23 Å². The molecule has 2 aromatic carbocycles. The maximum absolute atomic E-state index is 14.4. The van der Waals surface area contributed by atoms with Crippen LogP contribution in [-0.4, -0.2) is 72.1 Å². The van der Waals surface area contributed by atoms with E-state index in [9.17, 15) is 14.7 Å². The van der Waals surface area contributed by atoms with Crippen molar-refractivity contribution < 1.29 is 28.9 Å². The third-order valence-corrected chi connectivity index (χ3v) is 7.48. The van der Waals surface area contributed by atoms with E-state index in [1.165, 1.54) is 20.4 Å². The summed E-state index contributed by atoms with van der Waals surface area (Å²) >= 11 is 0. The molecule has 0 aliphatic carbocycles. The van der Waals surface area contributed by atoms with Crippen LogP contribution in [0.4, 0.5) is 17.5 Å². The van der Waals surface area contributed by atoms with Crippen LogP contribution >= 0.6 is 12.4 Å². The molecule has 0 bridgehead atoms. The fourth-order valence-electron chi connectivity index (χ4n) is 5.47. The number of ether oxygens (including phenoxy) is 3. The summed E-state index contributed by atoms with van der Waals surface area (Å²) in [6.07, 6.45) is 1.81. The van der Waals surface area contributed by atoms with E-state index in [-0.39, 0.29) is 42.3 Å². The number of aromatic nitrogens is 2. The maximum atomic E-state index is 14.4. The second kappa shape index (κ2) is 12.8. The van der Waals surface area contributed by atoms with Crippen LogP contribution < -0.4 is 16.4 Å². The molecule has 5 rings (SSSR count). The summed E-state index contributed by atoms with van der Waals surface area (Å²) in [4.78, 5) is 37.1. The highest BCUT2D eigenvalue weighted by molar-refractivity contribution is 6.21. The quantitative estimate of drug-likeness (QED) is 0.272. The van der Waals surface area contributed by atoms with E-state index in [4.69, 9.17) is 25.7 Å². The Hall–Kier alpha value is -4.21. The predicted molar refractivity (Wildman–Crippen MR) is 159 cm³/mol. The number of carboxylic acid groups (broad SMARTS) is 1. The van der Waals surface area contributed by atoms with Crippen LogP contribution in [-0.2, 0) is 25.4 Å². The second-order valence-electron chi connectivity index (χ2n) is 9.87. The number of Topliss-reactive ketones (excluding diaryl/α,β-unsaturated/α-hetero) is 1. The average Bonchev–Trinajstić information content (AvgIpc) is 3.48. The van der Waals surface area contributed by atoms with E-state index in [0.29, 0.717) is 35.5 Å². The number of carboxylic acids is 1. The van der Waals surface area contributed by atoms with E-state index < -0.39 is 23.6 Å². The molecular weight excluding hydrogens is 562 g/mol. The van der Waals surface area contributed by atoms with Crippen LogP contribution in [0.5, 0.6) is 0 Å². The Morgan fingerprint density at radius 3 is 2.57 bits per heavy atom. The van der Waals surface area contributed by atoms with Crippen LogP contribution in [0.15, 0.2) is 48.7 Å². The molecule has 12 heteroatoms. The summed E-state index contributed by atoms with van der Waals surface area (Å²) in [5.74, 6) is 4.22.